The molecular formula is C24H32O2S2Si. The van der Waals surface area contributed by atoms with E-state index in [1.807, 2.05) is 0 Å². The van der Waals surface area contributed by atoms with Crippen molar-refractivity contribution in [3.8, 4) is 0 Å². The molecule has 1 spiro atoms. The molecule has 0 unspecified atom stereocenters. The highest BCUT2D eigenvalue weighted by atomic mass is 32.2. The molecule has 2 aliphatic heterocycles. The lowest BCUT2D eigenvalue weighted by Gasteiger charge is -2.48. The molecular weight excluding hydrogens is 412 g/mol. The zero-order chi connectivity index (χ0) is 20.5. The van der Waals surface area contributed by atoms with Gasteiger partial charge in [0.25, 0.3) is 8.32 Å². The normalized spacial score (nSPS) is 24.7. The van der Waals surface area contributed by atoms with E-state index in [0.717, 1.165) is 12.8 Å². The van der Waals surface area contributed by atoms with Crippen molar-refractivity contribution in [2.24, 2.45) is 0 Å². The van der Waals surface area contributed by atoms with Gasteiger partial charge in [0.1, 0.15) is 0 Å². The van der Waals surface area contributed by atoms with E-state index in [1.165, 1.54) is 21.9 Å². The van der Waals surface area contributed by atoms with Gasteiger partial charge in [0.05, 0.1) is 10.2 Å². The average molecular weight is 445 g/mol. The highest BCUT2D eigenvalue weighted by Crippen LogP contribution is 2.53. The van der Waals surface area contributed by atoms with Crippen LogP contribution in [-0.4, -0.2) is 36.3 Å². The van der Waals surface area contributed by atoms with Gasteiger partial charge < -0.3 is 9.16 Å². The smallest absolute Gasteiger partial charge is 0.264 e. The van der Waals surface area contributed by atoms with Gasteiger partial charge in [0.15, 0.2) is 6.29 Å². The molecule has 0 aliphatic carbocycles. The zero-order valence-electron chi connectivity index (χ0n) is 17.9. The van der Waals surface area contributed by atoms with Gasteiger partial charge in [-0.25, -0.2) is 0 Å². The third-order valence-corrected chi connectivity index (χ3v) is 14.5. The van der Waals surface area contributed by atoms with Crippen molar-refractivity contribution in [1.82, 2.24) is 0 Å². The molecule has 4 rings (SSSR count). The van der Waals surface area contributed by atoms with Crippen LogP contribution in [0.15, 0.2) is 60.7 Å². The van der Waals surface area contributed by atoms with E-state index >= 15 is 0 Å². The largest absolute Gasteiger partial charge is 0.382 e. The Kier molecular flexibility index (Phi) is 6.25. The molecule has 2 nitrogen and oxygen atoms in total. The molecule has 0 radical (unpaired) electrons. The molecule has 2 aromatic rings. The van der Waals surface area contributed by atoms with Crippen molar-refractivity contribution in [2.45, 2.75) is 62.0 Å². The molecule has 2 aromatic carbocycles. The molecule has 2 saturated heterocycles. The third-order valence-electron chi connectivity index (χ3n) is 6.00. The van der Waals surface area contributed by atoms with Crippen LogP contribution in [0.2, 0.25) is 5.04 Å². The second kappa shape index (κ2) is 8.43. The second-order valence-corrected chi connectivity index (χ2v) is 16.6. The van der Waals surface area contributed by atoms with Crippen LogP contribution in [0.5, 0.6) is 0 Å². The van der Waals surface area contributed by atoms with Crippen LogP contribution >= 0.6 is 23.5 Å². The maximum absolute atomic E-state index is 7.26. The fourth-order valence-corrected chi connectivity index (χ4v) is 12.8. The first-order valence-corrected chi connectivity index (χ1v) is 14.4. The van der Waals surface area contributed by atoms with E-state index in [2.05, 4.69) is 112 Å². The van der Waals surface area contributed by atoms with Gasteiger partial charge in [-0.1, -0.05) is 81.4 Å². The highest BCUT2D eigenvalue weighted by molar-refractivity contribution is 8.21. The van der Waals surface area contributed by atoms with Gasteiger partial charge in [-0.3, -0.25) is 0 Å². The van der Waals surface area contributed by atoms with Gasteiger partial charge in [-0.15, -0.1) is 23.5 Å². The molecule has 2 atom stereocenters. The Morgan fingerprint density at radius 1 is 0.897 bits per heavy atom. The van der Waals surface area contributed by atoms with Crippen molar-refractivity contribution in [3.05, 3.63) is 60.7 Å². The Balaban J connectivity index is 1.78. The number of hydrogen-bond donors (Lipinski definition) is 0. The summed E-state index contributed by atoms with van der Waals surface area (Å²) >= 11 is 4.23. The van der Waals surface area contributed by atoms with Crippen LogP contribution in [0.4, 0.5) is 0 Å². The summed E-state index contributed by atoms with van der Waals surface area (Å²) in [6.07, 6.45) is 2.15. The van der Waals surface area contributed by atoms with Crippen LogP contribution in [0.1, 0.15) is 40.5 Å². The minimum atomic E-state index is -2.58. The molecule has 0 saturated carbocycles. The van der Waals surface area contributed by atoms with E-state index in [-0.39, 0.29) is 21.5 Å². The van der Waals surface area contributed by atoms with Crippen LogP contribution in [-0.2, 0) is 9.16 Å². The summed E-state index contributed by atoms with van der Waals surface area (Å²) in [5, 5.41) is 2.62. The summed E-state index contributed by atoms with van der Waals surface area (Å²) in [7, 11) is -2.58. The van der Waals surface area contributed by atoms with Gasteiger partial charge in [-0.05, 0) is 28.8 Å². The van der Waals surface area contributed by atoms with Crippen LogP contribution in [0, 0.1) is 0 Å². The van der Waals surface area contributed by atoms with E-state index in [1.54, 1.807) is 0 Å². The summed E-state index contributed by atoms with van der Waals surface area (Å²) in [4.78, 5) is 0. The van der Waals surface area contributed by atoms with Gasteiger partial charge in [0, 0.05) is 17.9 Å². The number of hydrogen-bond acceptors (Lipinski definition) is 4. The fraction of sp³-hybridized carbons (Fsp3) is 0.500. The van der Waals surface area contributed by atoms with E-state index < -0.39 is 8.32 Å². The predicted molar refractivity (Wildman–Crippen MR) is 130 cm³/mol. The monoisotopic (exact) mass is 444 g/mol. The number of rotatable bonds is 4. The summed E-state index contributed by atoms with van der Waals surface area (Å²) in [5.74, 6) is 2.48. The first kappa shape index (κ1) is 21.5. The molecule has 0 N–H and O–H groups in total. The minimum Gasteiger partial charge on any atom is -0.382 e. The van der Waals surface area contributed by atoms with Gasteiger partial charge in [0.2, 0.25) is 0 Å². The first-order chi connectivity index (χ1) is 13.8. The van der Waals surface area contributed by atoms with Crippen LogP contribution < -0.4 is 10.4 Å². The van der Waals surface area contributed by atoms with Crippen molar-refractivity contribution < 1.29 is 9.16 Å². The lowest BCUT2D eigenvalue weighted by atomic mass is 10.1. The molecule has 5 heteroatoms. The molecule has 156 valence electrons. The number of thioether (sulfide) groups is 2. The second-order valence-electron chi connectivity index (χ2n) is 9.17. The SMILES string of the molecule is C[C@H]1CC2(C[C@@H](O[Si](c3ccccc3)(c3ccccc3)C(C)(C)C)O1)SCCS2. The number of ether oxygens (including phenoxy) is 1. The summed E-state index contributed by atoms with van der Waals surface area (Å²) in [6, 6.07) is 21.8. The molecule has 29 heavy (non-hydrogen) atoms. The van der Waals surface area contributed by atoms with Crippen molar-refractivity contribution >= 4 is 42.2 Å². The molecule has 2 heterocycles. The van der Waals surface area contributed by atoms with Crippen molar-refractivity contribution in [3.63, 3.8) is 0 Å². The maximum atomic E-state index is 7.26. The molecule has 0 aromatic heterocycles. The van der Waals surface area contributed by atoms with Gasteiger partial charge in [-0.2, -0.15) is 0 Å². The first-order valence-electron chi connectivity index (χ1n) is 10.6. The fourth-order valence-electron chi connectivity index (χ4n) is 4.82. The van der Waals surface area contributed by atoms with E-state index in [4.69, 9.17) is 9.16 Å². The Morgan fingerprint density at radius 3 is 1.90 bits per heavy atom. The topological polar surface area (TPSA) is 18.5 Å². The zero-order valence-corrected chi connectivity index (χ0v) is 20.5. The van der Waals surface area contributed by atoms with Crippen molar-refractivity contribution in [2.75, 3.05) is 11.5 Å². The third kappa shape index (κ3) is 4.22. The Morgan fingerprint density at radius 2 is 1.41 bits per heavy atom. The van der Waals surface area contributed by atoms with E-state index in [0.29, 0.717) is 0 Å². The van der Waals surface area contributed by atoms with Crippen LogP contribution in [0.25, 0.3) is 0 Å². The lowest BCUT2D eigenvalue weighted by molar-refractivity contribution is -0.147. The quantitative estimate of drug-likeness (QED) is 0.598. The van der Waals surface area contributed by atoms with Crippen molar-refractivity contribution in [1.29, 1.82) is 0 Å². The number of benzene rings is 2. The highest BCUT2D eigenvalue weighted by Gasteiger charge is 2.54. The van der Waals surface area contributed by atoms with Crippen LogP contribution in [0.3, 0.4) is 0 Å². The molecule has 0 amide bonds. The Hall–Kier alpha value is -0.723. The van der Waals surface area contributed by atoms with E-state index in [9.17, 15) is 0 Å². The minimum absolute atomic E-state index is 0.0249. The standard InChI is InChI=1S/C24H32O2S2Si/c1-19-17-24(27-15-16-28-24)18-22(25-19)26-29(23(2,3)4,20-11-7-5-8-12-20)21-13-9-6-10-14-21/h5-14,19,22H,15-18H2,1-4H3/t19-,22+/m0/s1. The Labute approximate surface area is 185 Å². The summed E-state index contributed by atoms with van der Waals surface area (Å²) < 4.78 is 14.0. The molecule has 0 bridgehead atoms. The summed E-state index contributed by atoms with van der Waals surface area (Å²) in [6.45, 7) is 9.21. The Bertz CT molecular complexity index is 761. The average Bonchev–Trinajstić information content (AvgIpc) is 3.13. The predicted octanol–water partition coefficient (Wildman–Crippen LogP) is 5.26. The maximum Gasteiger partial charge on any atom is 0.264 e. The lowest BCUT2D eigenvalue weighted by Crippen LogP contribution is -2.68. The van der Waals surface area contributed by atoms with Gasteiger partial charge >= 0.3 is 0 Å². The summed E-state index contributed by atoms with van der Waals surface area (Å²) in [5.41, 5.74) is 0. The molecule has 2 fully saturated rings. The molecule has 2 aliphatic rings.